The number of aryl methyl sites for hydroxylation is 1. The monoisotopic (exact) mass is 333 g/mol. The van der Waals surface area contributed by atoms with Crippen LogP contribution in [0.5, 0.6) is 0 Å². The summed E-state index contributed by atoms with van der Waals surface area (Å²) in [6.45, 7) is 2.41. The predicted octanol–water partition coefficient (Wildman–Crippen LogP) is 3.18. The van der Waals surface area contributed by atoms with Gasteiger partial charge in [-0.1, -0.05) is 42.0 Å². The van der Waals surface area contributed by atoms with Crippen LogP contribution in [-0.4, -0.2) is 11.8 Å². The molecule has 126 valence electrons. The standard InChI is InChI=1S/C20H19N3O2/c1-15-2-4-16(5-3-15)8-11-19(24)22-14-17-6-9-18(10-7-17)23-20(25)12-13-21/h2-11H,12,14H2,1H3,(H,22,24)(H,23,25)/b11-8+. The van der Waals surface area contributed by atoms with E-state index < -0.39 is 0 Å². The molecule has 0 aliphatic heterocycles. The normalized spacial score (nSPS) is 10.2. The van der Waals surface area contributed by atoms with Crippen molar-refractivity contribution in [3.05, 3.63) is 71.3 Å². The second-order valence-electron chi connectivity index (χ2n) is 5.54. The van der Waals surface area contributed by atoms with Crippen molar-refractivity contribution in [1.29, 1.82) is 5.26 Å². The Hall–Kier alpha value is -3.39. The van der Waals surface area contributed by atoms with Gasteiger partial charge < -0.3 is 10.6 Å². The molecule has 0 unspecified atom stereocenters. The molecule has 0 saturated heterocycles. The molecular formula is C20H19N3O2. The number of carbonyl (C=O) groups is 2. The lowest BCUT2D eigenvalue weighted by Gasteiger charge is -2.06. The highest BCUT2D eigenvalue weighted by molar-refractivity contribution is 5.92. The predicted molar refractivity (Wildman–Crippen MR) is 97.4 cm³/mol. The first kappa shape index (κ1) is 18.0. The van der Waals surface area contributed by atoms with Crippen molar-refractivity contribution in [1.82, 2.24) is 5.32 Å². The van der Waals surface area contributed by atoms with Crippen LogP contribution in [0.4, 0.5) is 5.69 Å². The first-order valence-electron chi connectivity index (χ1n) is 7.85. The van der Waals surface area contributed by atoms with Crippen molar-refractivity contribution in [2.24, 2.45) is 0 Å². The van der Waals surface area contributed by atoms with Crippen molar-refractivity contribution >= 4 is 23.6 Å². The first-order chi connectivity index (χ1) is 12.1. The molecule has 0 saturated carbocycles. The van der Waals surface area contributed by atoms with Crippen LogP contribution >= 0.6 is 0 Å². The molecule has 0 heterocycles. The van der Waals surface area contributed by atoms with Gasteiger partial charge in [0.15, 0.2) is 0 Å². The van der Waals surface area contributed by atoms with Gasteiger partial charge in [0.25, 0.3) is 0 Å². The molecule has 0 aromatic heterocycles. The van der Waals surface area contributed by atoms with E-state index in [2.05, 4.69) is 10.6 Å². The van der Waals surface area contributed by atoms with Gasteiger partial charge in [0.1, 0.15) is 6.42 Å². The van der Waals surface area contributed by atoms with Crippen LogP contribution in [0.3, 0.4) is 0 Å². The van der Waals surface area contributed by atoms with Crippen LogP contribution in [0.2, 0.25) is 0 Å². The number of rotatable bonds is 6. The van der Waals surface area contributed by atoms with E-state index in [-0.39, 0.29) is 18.2 Å². The quantitative estimate of drug-likeness (QED) is 0.797. The minimum absolute atomic E-state index is 0.174. The molecule has 0 radical (unpaired) electrons. The fourth-order valence-corrected chi connectivity index (χ4v) is 2.08. The molecule has 0 fully saturated rings. The zero-order chi connectivity index (χ0) is 18.1. The van der Waals surface area contributed by atoms with E-state index in [1.54, 1.807) is 24.3 Å². The summed E-state index contributed by atoms with van der Waals surface area (Å²) in [5.41, 5.74) is 3.68. The number of nitriles is 1. The van der Waals surface area contributed by atoms with Gasteiger partial charge in [0.2, 0.25) is 11.8 Å². The molecule has 0 aliphatic rings. The van der Waals surface area contributed by atoms with E-state index in [0.717, 1.165) is 11.1 Å². The molecule has 2 rings (SSSR count). The van der Waals surface area contributed by atoms with Gasteiger partial charge in [-0.15, -0.1) is 0 Å². The molecule has 25 heavy (non-hydrogen) atoms. The van der Waals surface area contributed by atoms with E-state index in [0.29, 0.717) is 12.2 Å². The number of amides is 2. The van der Waals surface area contributed by atoms with E-state index in [1.807, 2.05) is 43.3 Å². The maximum Gasteiger partial charge on any atom is 0.244 e. The van der Waals surface area contributed by atoms with Crippen LogP contribution in [-0.2, 0) is 16.1 Å². The molecular weight excluding hydrogens is 314 g/mol. The second kappa shape index (κ2) is 9.04. The van der Waals surface area contributed by atoms with Crippen molar-refractivity contribution in [2.45, 2.75) is 19.9 Å². The Bertz CT molecular complexity index is 800. The van der Waals surface area contributed by atoms with Gasteiger partial charge in [0.05, 0.1) is 6.07 Å². The van der Waals surface area contributed by atoms with Crippen molar-refractivity contribution in [3.8, 4) is 6.07 Å². The molecule has 5 nitrogen and oxygen atoms in total. The Morgan fingerprint density at radius 3 is 2.40 bits per heavy atom. The number of benzene rings is 2. The van der Waals surface area contributed by atoms with E-state index in [9.17, 15) is 9.59 Å². The van der Waals surface area contributed by atoms with Crippen LogP contribution in [0.25, 0.3) is 6.08 Å². The number of hydrogen-bond donors (Lipinski definition) is 2. The number of nitrogens with one attached hydrogen (secondary N) is 2. The summed E-state index contributed by atoms with van der Waals surface area (Å²) >= 11 is 0. The smallest absolute Gasteiger partial charge is 0.244 e. The van der Waals surface area contributed by atoms with Crippen molar-refractivity contribution in [3.63, 3.8) is 0 Å². The second-order valence-corrected chi connectivity index (χ2v) is 5.54. The van der Waals surface area contributed by atoms with Crippen molar-refractivity contribution < 1.29 is 9.59 Å². The molecule has 0 spiro atoms. The summed E-state index contributed by atoms with van der Waals surface area (Å²) in [4.78, 5) is 23.2. The van der Waals surface area contributed by atoms with Crippen LogP contribution < -0.4 is 10.6 Å². The molecule has 2 amide bonds. The van der Waals surface area contributed by atoms with E-state index in [4.69, 9.17) is 5.26 Å². The maximum absolute atomic E-state index is 11.9. The zero-order valence-corrected chi connectivity index (χ0v) is 14.0. The Kier molecular flexibility index (Phi) is 6.49. The molecule has 5 heteroatoms. The molecule has 0 aliphatic carbocycles. The van der Waals surface area contributed by atoms with Gasteiger partial charge in [-0.2, -0.15) is 5.26 Å². The lowest BCUT2D eigenvalue weighted by Crippen LogP contribution is -2.20. The third-order valence-electron chi connectivity index (χ3n) is 3.45. The SMILES string of the molecule is Cc1ccc(/C=C/C(=O)NCc2ccc(NC(=O)CC#N)cc2)cc1. The fraction of sp³-hybridized carbons (Fsp3) is 0.150. The minimum atomic E-state index is -0.343. The zero-order valence-electron chi connectivity index (χ0n) is 14.0. The summed E-state index contributed by atoms with van der Waals surface area (Å²) in [6, 6.07) is 16.8. The Morgan fingerprint density at radius 2 is 1.76 bits per heavy atom. The number of anilines is 1. The summed E-state index contributed by atoms with van der Waals surface area (Å²) in [7, 11) is 0. The Morgan fingerprint density at radius 1 is 1.08 bits per heavy atom. The maximum atomic E-state index is 11.9. The van der Waals surface area contributed by atoms with E-state index in [1.165, 1.54) is 11.6 Å². The highest BCUT2D eigenvalue weighted by Gasteiger charge is 2.02. The van der Waals surface area contributed by atoms with Gasteiger partial charge >= 0.3 is 0 Å². The van der Waals surface area contributed by atoms with Gasteiger partial charge in [-0.3, -0.25) is 9.59 Å². The number of carbonyl (C=O) groups excluding carboxylic acids is 2. The Labute approximate surface area is 147 Å². The largest absolute Gasteiger partial charge is 0.348 e. The van der Waals surface area contributed by atoms with E-state index >= 15 is 0 Å². The molecule has 0 bridgehead atoms. The third-order valence-corrected chi connectivity index (χ3v) is 3.45. The summed E-state index contributed by atoms with van der Waals surface area (Å²) in [6.07, 6.45) is 3.09. The minimum Gasteiger partial charge on any atom is -0.348 e. The highest BCUT2D eigenvalue weighted by Crippen LogP contribution is 2.10. The topological polar surface area (TPSA) is 82.0 Å². The molecule has 0 atom stereocenters. The van der Waals surface area contributed by atoms with Crippen molar-refractivity contribution in [2.75, 3.05) is 5.32 Å². The lowest BCUT2D eigenvalue weighted by molar-refractivity contribution is -0.117. The lowest BCUT2D eigenvalue weighted by atomic mass is 10.1. The van der Waals surface area contributed by atoms with Crippen LogP contribution in [0.1, 0.15) is 23.1 Å². The van der Waals surface area contributed by atoms with Gasteiger partial charge in [-0.05, 0) is 36.3 Å². The number of nitrogens with zero attached hydrogens (tertiary/aromatic N) is 1. The third kappa shape index (κ3) is 6.32. The molecule has 2 aromatic carbocycles. The van der Waals surface area contributed by atoms with Gasteiger partial charge in [-0.25, -0.2) is 0 Å². The summed E-state index contributed by atoms with van der Waals surface area (Å²) < 4.78 is 0. The Balaban J connectivity index is 1.82. The van der Waals surface area contributed by atoms with Crippen LogP contribution in [0, 0.1) is 18.3 Å². The van der Waals surface area contributed by atoms with Crippen LogP contribution in [0.15, 0.2) is 54.6 Å². The van der Waals surface area contributed by atoms with Gasteiger partial charge in [0, 0.05) is 18.3 Å². The average Bonchev–Trinajstić information content (AvgIpc) is 2.61. The average molecular weight is 333 g/mol. The first-order valence-corrected chi connectivity index (χ1v) is 7.85. The highest BCUT2D eigenvalue weighted by atomic mass is 16.2. The summed E-state index contributed by atoms with van der Waals surface area (Å²) in [5.74, 6) is -0.517. The summed E-state index contributed by atoms with van der Waals surface area (Å²) in [5, 5.41) is 13.9. The molecule has 2 N–H and O–H groups in total. The fourth-order valence-electron chi connectivity index (χ4n) is 2.08. The number of hydrogen-bond acceptors (Lipinski definition) is 3. The molecule has 2 aromatic rings.